The van der Waals surface area contributed by atoms with Crippen molar-refractivity contribution in [3.8, 4) is 5.75 Å². The predicted molar refractivity (Wildman–Crippen MR) is 48.3 cm³/mol. The lowest BCUT2D eigenvalue weighted by Crippen LogP contribution is -1.91. The monoisotopic (exact) mass is 166 g/mol. The Labute approximate surface area is 73.1 Å². The van der Waals surface area contributed by atoms with Crippen LogP contribution in [-0.2, 0) is 11.3 Å². The van der Waals surface area contributed by atoms with Crippen LogP contribution in [-0.4, -0.2) is 13.7 Å². The van der Waals surface area contributed by atoms with E-state index in [4.69, 9.17) is 9.47 Å². The molecule has 0 saturated heterocycles. The molecule has 0 heterocycles. The van der Waals surface area contributed by atoms with Crippen LogP contribution in [0.5, 0.6) is 5.75 Å². The van der Waals surface area contributed by atoms with E-state index in [2.05, 4.69) is 0 Å². The molecule has 1 aromatic rings. The molecule has 0 amide bonds. The van der Waals surface area contributed by atoms with Crippen molar-refractivity contribution in [2.45, 2.75) is 13.5 Å². The first-order valence-electron chi connectivity index (χ1n) is 4.07. The Morgan fingerprint density at radius 2 is 1.83 bits per heavy atom. The first kappa shape index (κ1) is 9.07. The van der Waals surface area contributed by atoms with Crippen LogP contribution in [0.1, 0.15) is 12.5 Å². The highest BCUT2D eigenvalue weighted by molar-refractivity contribution is 5.26. The first-order valence-corrected chi connectivity index (χ1v) is 4.07. The summed E-state index contributed by atoms with van der Waals surface area (Å²) in [6, 6.07) is 7.89. The summed E-state index contributed by atoms with van der Waals surface area (Å²) in [4.78, 5) is 0. The fourth-order valence-electron chi connectivity index (χ4n) is 0.942. The molecule has 0 atom stereocenters. The van der Waals surface area contributed by atoms with Gasteiger partial charge in [-0.3, -0.25) is 0 Å². The van der Waals surface area contributed by atoms with Crippen LogP contribution >= 0.6 is 0 Å². The third-order valence-electron chi connectivity index (χ3n) is 1.63. The third-order valence-corrected chi connectivity index (χ3v) is 1.63. The van der Waals surface area contributed by atoms with Gasteiger partial charge in [-0.05, 0) is 24.6 Å². The van der Waals surface area contributed by atoms with Gasteiger partial charge in [-0.1, -0.05) is 12.1 Å². The van der Waals surface area contributed by atoms with Gasteiger partial charge in [-0.15, -0.1) is 0 Å². The normalized spacial score (nSPS) is 9.83. The summed E-state index contributed by atoms with van der Waals surface area (Å²) in [6.07, 6.45) is 0. The Kier molecular flexibility index (Phi) is 3.61. The van der Waals surface area contributed by atoms with Gasteiger partial charge in [-0.2, -0.15) is 0 Å². The molecular formula is C10H14O2. The molecule has 12 heavy (non-hydrogen) atoms. The lowest BCUT2D eigenvalue weighted by Gasteiger charge is -2.02. The third kappa shape index (κ3) is 2.55. The smallest absolute Gasteiger partial charge is 0.118 e. The van der Waals surface area contributed by atoms with Gasteiger partial charge in [0.1, 0.15) is 5.75 Å². The van der Waals surface area contributed by atoms with Crippen LogP contribution in [0.25, 0.3) is 0 Å². The molecule has 0 aliphatic heterocycles. The topological polar surface area (TPSA) is 18.5 Å². The summed E-state index contributed by atoms with van der Waals surface area (Å²) >= 11 is 0. The van der Waals surface area contributed by atoms with Crippen molar-refractivity contribution >= 4 is 0 Å². The molecule has 1 rings (SSSR count). The second-order valence-electron chi connectivity index (χ2n) is 2.49. The van der Waals surface area contributed by atoms with E-state index in [1.165, 1.54) is 5.56 Å². The number of methoxy groups -OCH3 is 1. The van der Waals surface area contributed by atoms with E-state index in [0.29, 0.717) is 6.61 Å². The van der Waals surface area contributed by atoms with E-state index in [9.17, 15) is 0 Å². The summed E-state index contributed by atoms with van der Waals surface area (Å²) in [5.74, 6) is 0.884. The Hall–Kier alpha value is -1.02. The van der Waals surface area contributed by atoms with E-state index in [-0.39, 0.29) is 0 Å². The van der Waals surface area contributed by atoms with Gasteiger partial charge in [0.15, 0.2) is 0 Å². The molecule has 0 aliphatic rings. The Morgan fingerprint density at radius 1 is 1.17 bits per heavy atom. The van der Waals surface area contributed by atoms with Crippen LogP contribution in [0.2, 0.25) is 0 Å². The maximum Gasteiger partial charge on any atom is 0.118 e. The number of hydrogen-bond acceptors (Lipinski definition) is 2. The van der Waals surface area contributed by atoms with Crippen molar-refractivity contribution in [1.29, 1.82) is 0 Å². The summed E-state index contributed by atoms with van der Waals surface area (Å²) in [5, 5.41) is 0. The van der Waals surface area contributed by atoms with E-state index in [1.54, 1.807) is 7.11 Å². The zero-order valence-corrected chi connectivity index (χ0v) is 7.54. The Bertz CT molecular complexity index is 216. The average Bonchev–Trinajstić information content (AvgIpc) is 2.15. The van der Waals surface area contributed by atoms with Crippen LogP contribution in [0.4, 0.5) is 0 Å². The van der Waals surface area contributed by atoms with E-state index < -0.39 is 0 Å². The van der Waals surface area contributed by atoms with Crippen molar-refractivity contribution in [3.63, 3.8) is 0 Å². The van der Waals surface area contributed by atoms with Crippen LogP contribution in [0.15, 0.2) is 24.3 Å². The van der Waals surface area contributed by atoms with Crippen LogP contribution < -0.4 is 4.74 Å². The number of benzene rings is 1. The van der Waals surface area contributed by atoms with Crippen molar-refractivity contribution in [2.75, 3.05) is 13.7 Å². The maximum absolute atomic E-state index is 5.25. The molecule has 2 nitrogen and oxygen atoms in total. The zero-order chi connectivity index (χ0) is 8.81. The number of rotatable bonds is 4. The van der Waals surface area contributed by atoms with Crippen molar-refractivity contribution in [2.24, 2.45) is 0 Å². The van der Waals surface area contributed by atoms with Crippen LogP contribution in [0.3, 0.4) is 0 Å². The van der Waals surface area contributed by atoms with Gasteiger partial charge >= 0.3 is 0 Å². The summed E-state index contributed by atoms with van der Waals surface area (Å²) < 4.78 is 10.3. The molecular weight excluding hydrogens is 152 g/mol. The minimum absolute atomic E-state index is 0.681. The van der Waals surface area contributed by atoms with Crippen molar-refractivity contribution in [1.82, 2.24) is 0 Å². The number of ether oxygens (including phenoxy) is 2. The fraction of sp³-hybridized carbons (Fsp3) is 0.400. The standard InChI is InChI=1S/C10H14O2/c1-3-12-8-9-4-6-10(11-2)7-5-9/h4-7H,3,8H2,1-2H3. The minimum atomic E-state index is 0.681. The molecule has 66 valence electrons. The molecule has 0 aromatic heterocycles. The lowest BCUT2D eigenvalue weighted by molar-refractivity contribution is 0.134. The second kappa shape index (κ2) is 4.78. The molecule has 1 aromatic carbocycles. The fourth-order valence-corrected chi connectivity index (χ4v) is 0.942. The highest BCUT2D eigenvalue weighted by atomic mass is 16.5. The summed E-state index contributed by atoms with van der Waals surface area (Å²) in [6.45, 7) is 3.43. The minimum Gasteiger partial charge on any atom is -0.497 e. The highest BCUT2D eigenvalue weighted by Crippen LogP contribution is 2.11. The average molecular weight is 166 g/mol. The summed E-state index contributed by atoms with van der Waals surface area (Å²) in [7, 11) is 1.66. The molecule has 0 spiro atoms. The Morgan fingerprint density at radius 3 is 2.33 bits per heavy atom. The van der Waals surface area contributed by atoms with Gasteiger partial charge in [0.05, 0.1) is 13.7 Å². The van der Waals surface area contributed by atoms with Crippen LogP contribution in [0, 0.1) is 0 Å². The molecule has 0 N–H and O–H groups in total. The molecule has 0 radical (unpaired) electrons. The van der Waals surface area contributed by atoms with Gasteiger partial charge in [0.25, 0.3) is 0 Å². The molecule has 0 saturated carbocycles. The molecule has 0 fully saturated rings. The zero-order valence-electron chi connectivity index (χ0n) is 7.54. The maximum atomic E-state index is 5.25. The molecule has 0 aliphatic carbocycles. The summed E-state index contributed by atoms with van der Waals surface area (Å²) in [5.41, 5.74) is 1.18. The van der Waals surface area contributed by atoms with Crippen molar-refractivity contribution in [3.05, 3.63) is 29.8 Å². The van der Waals surface area contributed by atoms with E-state index >= 15 is 0 Å². The van der Waals surface area contributed by atoms with Gasteiger partial charge < -0.3 is 9.47 Å². The molecule has 0 unspecified atom stereocenters. The SMILES string of the molecule is CCOCc1ccc(OC)cc1. The second-order valence-corrected chi connectivity index (χ2v) is 2.49. The van der Waals surface area contributed by atoms with Gasteiger partial charge in [0, 0.05) is 6.61 Å². The molecule has 0 bridgehead atoms. The first-order chi connectivity index (χ1) is 5.86. The van der Waals surface area contributed by atoms with Crippen molar-refractivity contribution < 1.29 is 9.47 Å². The quantitative estimate of drug-likeness (QED) is 0.683. The largest absolute Gasteiger partial charge is 0.497 e. The van der Waals surface area contributed by atoms with Gasteiger partial charge in [-0.25, -0.2) is 0 Å². The van der Waals surface area contributed by atoms with Gasteiger partial charge in [0.2, 0.25) is 0 Å². The lowest BCUT2D eigenvalue weighted by atomic mass is 10.2. The van der Waals surface area contributed by atoms with E-state index in [1.807, 2.05) is 31.2 Å². The Balaban J connectivity index is 2.53. The highest BCUT2D eigenvalue weighted by Gasteiger charge is 1.92. The van der Waals surface area contributed by atoms with E-state index in [0.717, 1.165) is 12.4 Å². The number of hydrogen-bond donors (Lipinski definition) is 0. The predicted octanol–water partition coefficient (Wildman–Crippen LogP) is 2.23. The molecule has 2 heteroatoms.